The van der Waals surface area contributed by atoms with E-state index in [1.54, 1.807) is 0 Å². The Bertz CT molecular complexity index is 266. The van der Waals surface area contributed by atoms with Crippen molar-refractivity contribution in [3.8, 4) is 0 Å². The van der Waals surface area contributed by atoms with Crippen molar-refractivity contribution in [1.82, 2.24) is 9.57 Å². The third-order valence-electron chi connectivity index (χ3n) is 1.88. The second-order valence-electron chi connectivity index (χ2n) is 3.52. The molecule has 4 nitrogen and oxygen atoms in total. The van der Waals surface area contributed by atoms with Crippen LogP contribution >= 0.6 is 6.57 Å². The van der Waals surface area contributed by atoms with Gasteiger partial charge in [0.25, 0.3) is 0 Å². The van der Waals surface area contributed by atoms with Crippen molar-refractivity contribution in [1.29, 1.82) is 0 Å². The summed E-state index contributed by atoms with van der Waals surface area (Å²) >= 11 is 5.49. The van der Waals surface area contributed by atoms with Crippen molar-refractivity contribution in [3.63, 3.8) is 0 Å². The second-order valence-corrected chi connectivity index (χ2v) is 7.19. The summed E-state index contributed by atoms with van der Waals surface area (Å²) in [6.45, 7) is 2.41. The number of hydrogen-bond acceptors (Lipinski definition) is 2. The van der Waals surface area contributed by atoms with Gasteiger partial charge in [0.1, 0.15) is 5.84 Å². The molecule has 0 N–H and O–H groups in total. The maximum Gasteiger partial charge on any atom is 0.248 e. The summed E-state index contributed by atoms with van der Waals surface area (Å²) in [4.78, 5) is 1.99. The Morgan fingerprint density at radius 2 is 1.80 bits per heavy atom. The summed E-state index contributed by atoms with van der Waals surface area (Å²) in [5.74, 6) is 0.987. The minimum absolute atomic E-state index is 0.601. The third-order valence-corrected chi connectivity index (χ3v) is 5.51. The number of amidine groups is 1. The molecule has 0 saturated heterocycles. The summed E-state index contributed by atoms with van der Waals surface area (Å²) in [6.07, 6.45) is 0.867. The van der Waals surface area contributed by atoms with E-state index in [-0.39, 0.29) is 0 Å². The van der Waals surface area contributed by atoms with E-state index in [4.69, 9.17) is 16.3 Å². The van der Waals surface area contributed by atoms with Crippen LogP contribution < -0.4 is 0 Å². The maximum absolute atomic E-state index is 5.61. The molecule has 0 aromatic heterocycles. The second kappa shape index (κ2) is 6.59. The smallest absolute Gasteiger partial charge is 0.248 e. The molecule has 0 aliphatic heterocycles. The monoisotopic (exact) mass is 251 g/mol. The van der Waals surface area contributed by atoms with Gasteiger partial charge in [0.05, 0.1) is 6.61 Å². The molecule has 0 spiro atoms. The summed E-state index contributed by atoms with van der Waals surface area (Å²) in [5.41, 5.74) is 0. The summed E-state index contributed by atoms with van der Waals surface area (Å²) in [6, 6.07) is 0. The highest BCUT2D eigenvalue weighted by Crippen LogP contribution is 2.51. The van der Waals surface area contributed by atoms with Gasteiger partial charge in [0.2, 0.25) is 6.57 Å². The minimum atomic E-state index is -2.20. The van der Waals surface area contributed by atoms with Crippen LogP contribution in [0.5, 0.6) is 0 Å². The molecule has 1 unspecified atom stereocenters. The fourth-order valence-electron chi connectivity index (χ4n) is 1.02. The van der Waals surface area contributed by atoms with Gasteiger partial charge in [-0.3, -0.25) is 0 Å². The predicted octanol–water partition coefficient (Wildman–Crippen LogP) is 2.18. The average molecular weight is 251 g/mol. The van der Waals surface area contributed by atoms with Crippen LogP contribution in [-0.4, -0.2) is 50.2 Å². The molecule has 0 amide bonds. The average Bonchev–Trinajstić information content (AvgIpc) is 2.14. The van der Waals surface area contributed by atoms with Gasteiger partial charge in [0.15, 0.2) is 0 Å². The topological polar surface area (TPSA) is 28.1 Å². The van der Waals surface area contributed by atoms with Crippen molar-refractivity contribution < 1.29 is 4.52 Å². The molecule has 0 aromatic rings. The molecule has 0 rings (SSSR count). The Morgan fingerprint density at radius 1 is 1.27 bits per heavy atom. The van der Waals surface area contributed by atoms with Gasteiger partial charge >= 0.3 is 0 Å². The molecular weight excluding hydrogens is 229 g/mol. The lowest BCUT2D eigenvalue weighted by Gasteiger charge is -2.26. The largest absolute Gasteiger partial charge is 0.366 e. The van der Waals surface area contributed by atoms with E-state index in [2.05, 4.69) is 11.7 Å². The van der Waals surface area contributed by atoms with Crippen LogP contribution in [0.3, 0.4) is 0 Å². The lowest BCUT2D eigenvalue weighted by Crippen LogP contribution is -2.22. The fraction of sp³-hybridized carbons (Fsp3) is 0.889. The fourth-order valence-corrected chi connectivity index (χ4v) is 3.04. The van der Waals surface area contributed by atoms with E-state index in [0.29, 0.717) is 6.61 Å². The number of rotatable bonds is 5. The van der Waals surface area contributed by atoms with Crippen molar-refractivity contribution in [2.45, 2.75) is 20.3 Å². The maximum atomic E-state index is 5.61. The zero-order valence-electron chi connectivity index (χ0n) is 10.5. The summed E-state index contributed by atoms with van der Waals surface area (Å²) in [7, 11) is 7.79. The van der Waals surface area contributed by atoms with Crippen molar-refractivity contribution >= 4 is 24.2 Å². The van der Waals surface area contributed by atoms with E-state index in [1.165, 1.54) is 0 Å². The van der Waals surface area contributed by atoms with Crippen LogP contribution in [0.25, 0.3) is 0 Å². The van der Waals surface area contributed by atoms with Gasteiger partial charge in [0, 0.05) is 20.5 Å². The van der Waals surface area contributed by atoms with Gasteiger partial charge in [-0.15, -0.1) is 0 Å². The highest BCUT2D eigenvalue weighted by Gasteiger charge is 2.20. The highest BCUT2D eigenvalue weighted by atomic mass is 32.4. The van der Waals surface area contributed by atoms with E-state index in [1.807, 2.05) is 44.7 Å². The van der Waals surface area contributed by atoms with Crippen LogP contribution in [0, 0.1) is 0 Å². The van der Waals surface area contributed by atoms with E-state index in [0.717, 1.165) is 12.3 Å². The Labute approximate surface area is 98.5 Å². The molecule has 0 radical (unpaired) electrons. The molecule has 15 heavy (non-hydrogen) atoms. The summed E-state index contributed by atoms with van der Waals surface area (Å²) < 4.78 is 12.1. The quantitative estimate of drug-likeness (QED) is 0.425. The standard InChI is InChI=1S/C9H22N3OPS/c1-7-9(11(3)4)10-14(15,12(5)6)13-8-2/h7-8H2,1-6H3/b10-9+. The van der Waals surface area contributed by atoms with Gasteiger partial charge in [-0.2, -0.15) is 0 Å². The Hall–Kier alpha value is 0.0400. The van der Waals surface area contributed by atoms with Crippen molar-refractivity contribution in [3.05, 3.63) is 0 Å². The first-order valence-electron chi connectivity index (χ1n) is 5.06. The molecular formula is C9H22N3OPS. The minimum Gasteiger partial charge on any atom is -0.366 e. The highest BCUT2D eigenvalue weighted by molar-refractivity contribution is 8.10. The first-order valence-corrected chi connectivity index (χ1v) is 7.68. The molecule has 0 aromatic carbocycles. The van der Waals surface area contributed by atoms with Crippen LogP contribution in [0.4, 0.5) is 0 Å². The first-order chi connectivity index (χ1) is 6.87. The van der Waals surface area contributed by atoms with Crippen LogP contribution in [0.2, 0.25) is 0 Å². The zero-order valence-corrected chi connectivity index (χ0v) is 12.2. The molecule has 1 atom stereocenters. The molecule has 0 heterocycles. The number of hydrogen-bond donors (Lipinski definition) is 0. The van der Waals surface area contributed by atoms with E-state index >= 15 is 0 Å². The summed E-state index contributed by atoms with van der Waals surface area (Å²) in [5, 5.41) is 0. The Kier molecular flexibility index (Phi) is 6.60. The number of nitrogens with zero attached hydrogens (tertiary/aromatic N) is 3. The Balaban J connectivity index is 5.02. The molecule has 0 bridgehead atoms. The van der Waals surface area contributed by atoms with Gasteiger partial charge < -0.3 is 9.42 Å². The molecule has 0 saturated carbocycles. The van der Waals surface area contributed by atoms with Crippen LogP contribution in [0.1, 0.15) is 20.3 Å². The van der Waals surface area contributed by atoms with E-state index < -0.39 is 6.57 Å². The lowest BCUT2D eigenvalue weighted by atomic mass is 10.4. The molecule has 0 aliphatic carbocycles. The lowest BCUT2D eigenvalue weighted by molar-refractivity contribution is 0.347. The molecule has 90 valence electrons. The van der Waals surface area contributed by atoms with Crippen LogP contribution in [0.15, 0.2) is 4.76 Å². The third kappa shape index (κ3) is 4.60. The van der Waals surface area contributed by atoms with Crippen molar-refractivity contribution in [2.75, 3.05) is 34.8 Å². The Morgan fingerprint density at radius 3 is 2.07 bits per heavy atom. The molecule has 6 heteroatoms. The predicted molar refractivity (Wildman–Crippen MR) is 71.0 cm³/mol. The first kappa shape index (κ1) is 15.0. The zero-order chi connectivity index (χ0) is 12.1. The normalized spacial score (nSPS) is 16.6. The SMILES string of the molecule is CCOP(=S)(/N=C(\CC)N(C)C)N(C)C. The molecule has 0 aliphatic rings. The van der Waals surface area contributed by atoms with E-state index in [9.17, 15) is 0 Å². The van der Waals surface area contributed by atoms with Gasteiger partial charge in [-0.25, -0.2) is 9.43 Å². The van der Waals surface area contributed by atoms with Crippen molar-refractivity contribution in [2.24, 2.45) is 4.76 Å². The van der Waals surface area contributed by atoms with Gasteiger partial charge in [-0.1, -0.05) is 6.92 Å². The molecule has 0 fully saturated rings. The van der Waals surface area contributed by atoms with Crippen LogP contribution in [-0.2, 0) is 16.3 Å². The van der Waals surface area contributed by atoms with Gasteiger partial charge in [-0.05, 0) is 32.8 Å².